The fraction of sp³-hybridized carbons (Fsp3) is 0.320. The average Bonchev–Trinajstić information content (AvgIpc) is 3.58. The summed E-state index contributed by atoms with van der Waals surface area (Å²) in [4.78, 5) is 15.0. The van der Waals surface area contributed by atoms with Crippen LogP contribution in [0.1, 0.15) is 31.7 Å². The van der Waals surface area contributed by atoms with Crippen LogP contribution in [0.15, 0.2) is 66.7 Å². The lowest BCUT2D eigenvalue weighted by Crippen LogP contribution is -2.29. The van der Waals surface area contributed by atoms with Crippen LogP contribution >= 0.6 is 0 Å². The summed E-state index contributed by atoms with van der Waals surface area (Å²) in [6, 6.07) is 23.2. The molecule has 0 heterocycles. The zero-order valence-electron chi connectivity index (χ0n) is 16.9. The second kappa shape index (κ2) is 9.10. The van der Waals surface area contributed by atoms with Crippen molar-refractivity contribution in [2.24, 2.45) is 0 Å². The van der Waals surface area contributed by atoms with Crippen LogP contribution in [0.4, 0.5) is 5.69 Å². The van der Waals surface area contributed by atoms with Gasteiger partial charge in [-0.05, 0) is 48.2 Å². The predicted molar refractivity (Wildman–Crippen MR) is 118 cm³/mol. The zero-order chi connectivity index (χ0) is 20.1. The molecule has 0 bridgehead atoms. The molecular formula is C25H28N2O2. The van der Waals surface area contributed by atoms with Gasteiger partial charge in [-0.3, -0.25) is 9.69 Å². The third-order valence-electron chi connectivity index (χ3n) is 5.40. The Labute approximate surface area is 172 Å². The van der Waals surface area contributed by atoms with Crippen LogP contribution in [0.2, 0.25) is 0 Å². The molecule has 0 atom stereocenters. The quantitative estimate of drug-likeness (QED) is 0.546. The molecule has 0 spiro atoms. The minimum Gasteiger partial charge on any atom is -0.492 e. The first kappa shape index (κ1) is 19.5. The number of hydrogen-bond donors (Lipinski definition) is 1. The Morgan fingerprint density at radius 2 is 1.79 bits per heavy atom. The summed E-state index contributed by atoms with van der Waals surface area (Å²) in [5, 5.41) is 5.58. The van der Waals surface area contributed by atoms with Crippen molar-refractivity contribution in [2.45, 2.75) is 38.8 Å². The van der Waals surface area contributed by atoms with Crippen molar-refractivity contribution in [3.63, 3.8) is 0 Å². The van der Waals surface area contributed by atoms with E-state index in [0.29, 0.717) is 19.1 Å². The van der Waals surface area contributed by atoms with E-state index in [1.807, 2.05) is 31.2 Å². The number of fused-ring (bicyclic) bond motifs is 1. The fourth-order valence-corrected chi connectivity index (χ4v) is 3.79. The third kappa shape index (κ3) is 4.96. The lowest BCUT2D eigenvalue weighted by atomic mass is 10.0. The molecule has 4 heteroatoms. The number of hydrogen-bond acceptors (Lipinski definition) is 3. The van der Waals surface area contributed by atoms with Crippen molar-refractivity contribution in [3.8, 4) is 5.75 Å². The first-order valence-electron chi connectivity index (χ1n) is 10.5. The van der Waals surface area contributed by atoms with Crippen LogP contribution in [-0.4, -0.2) is 30.0 Å². The Balaban J connectivity index is 1.40. The van der Waals surface area contributed by atoms with Crippen molar-refractivity contribution < 1.29 is 9.53 Å². The molecule has 1 aliphatic carbocycles. The van der Waals surface area contributed by atoms with Gasteiger partial charge in [-0.25, -0.2) is 0 Å². The standard InChI is InChI=1S/C25H28N2O2/c1-2-29-24-13-6-5-12-23(24)26-25(28)16-17-27(21-14-15-21)18-20-10-7-9-19-8-3-4-11-22(19)20/h3-13,21H,2,14-18H2,1H3,(H,26,28). The van der Waals surface area contributed by atoms with Crippen molar-refractivity contribution in [2.75, 3.05) is 18.5 Å². The number of carbonyl (C=O) groups excluding carboxylic acids is 1. The number of rotatable bonds is 9. The number of carbonyl (C=O) groups is 1. The van der Waals surface area contributed by atoms with Gasteiger partial charge in [-0.2, -0.15) is 0 Å². The summed E-state index contributed by atoms with van der Waals surface area (Å²) in [6.07, 6.45) is 2.92. The summed E-state index contributed by atoms with van der Waals surface area (Å²) in [7, 11) is 0. The van der Waals surface area contributed by atoms with E-state index < -0.39 is 0 Å². The number of nitrogens with one attached hydrogen (secondary N) is 1. The highest BCUT2D eigenvalue weighted by atomic mass is 16.5. The Morgan fingerprint density at radius 3 is 2.62 bits per heavy atom. The Bertz CT molecular complexity index is 976. The first-order valence-corrected chi connectivity index (χ1v) is 10.5. The molecule has 0 aliphatic heterocycles. The van der Waals surface area contributed by atoms with Gasteiger partial charge >= 0.3 is 0 Å². The van der Waals surface area contributed by atoms with Gasteiger partial charge in [-0.15, -0.1) is 0 Å². The topological polar surface area (TPSA) is 41.6 Å². The Hall–Kier alpha value is -2.85. The van der Waals surface area contributed by atoms with Gasteiger partial charge < -0.3 is 10.1 Å². The minimum atomic E-state index is 0.0284. The van der Waals surface area contributed by atoms with Crippen LogP contribution in [0.5, 0.6) is 5.75 Å². The Morgan fingerprint density at radius 1 is 1.03 bits per heavy atom. The largest absolute Gasteiger partial charge is 0.492 e. The van der Waals surface area contributed by atoms with E-state index in [1.54, 1.807) is 0 Å². The van der Waals surface area contributed by atoms with Crippen LogP contribution in [0, 0.1) is 0 Å². The highest BCUT2D eigenvalue weighted by Gasteiger charge is 2.29. The molecule has 0 aromatic heterocycles. The molecule has 1 saturated carbocycles. The summed E-state index contributed by atoms with van der Waals surface area (Å²) in [5.74, 6) is 0.749. The van der Waals surface area contributed by atoms with E-state index in [9.17, 15) is 4.79 Å². The number of nitrogens with zero attached hydrogens (tertiary/aromatic N) is 1. The van der Waals surface area contributed by atoms with Crippen molar-refractivity contribution in [3.05, 3.63) is 72.3 Å². The molecule has 3 aromatic carbocycles. The molecular weight excluding hydrogens is 360 g/mol. The second-order valence-corrected chi connectivity index (χ2v) is 7.57. The lowest BCUT2D eigenvalue weighted by Gasteiger charge is -2.23. The number of ether oxygens (including phenoxy) is 1. The second-order valence-electron chi connectivity index (χ2n) is 7.57. The van der Waals surface area contributed by atoms with Crippen LogP contribution in [-0.2, 0) is 11.3 Å². The maximum Gasteiger partial charge on any atom is 0.225 e. The summed E-state index contributed by atoms with van der Waals surface area (Å²) < 4.78 is 5.61. The van der Waals surface area contributed by atoms with Gasteiger partial charge in [0.25, 0.3) is 0 Å². The number of anilines is 1. The van der Waals surface area contributed by atoms with E-state index in [-0.39, 0.29) is 5.91 Å². The summed E-state index contributed by atoms with van der Waals surface area (Å²) in [6.45, 7) is 4.16. The molecule has 0 unspecified atom stereocenters. The number of benzene rings is 3. The monoisotopic (exact) mass is 388 g/mol. The SMILES string of the molecule is CCOc1ccccc1NC(=O)CCN(Cc1cccc2ccccc12)C1CC1. The van der Waals surface area contributed by atoms with Crippen LogP contribution < -0.4 is 10.1 Å². The average molecular weight is 389 g/mol. The number of para-hydroxylation sites is 2. The molecule has 150 valence electrons. The summed E-state index contributed by atoms with van der Waals surface area (Å²) in [5.41, 5.74) is 2.07. The predicted octanol–water partition coefficient (Wildman–Crippen LogP) is 5.23. The number of amides is 1. The molecule has 1 aliphatic rings. The normalized spacial score (nSPS) is 13.6. The molecule has 0 radical (unpaired) electrons. The van der Waals surface area contributed by atoms with E-state index in [4.69, 9.17) is 4.74 Å². The molecule has 1 fully saturated rings. The Kier molecular flexibility index (Phi) is 6.11. The van der Waals surface area contributed by atoms with Crippen molar-refractivity contribution in [1.82, 2.24) is 4.90 Å². The lowest BCUT2D eigenvalue weighted by molar-refractivity contribution is -0.116. The van der Waals surface area contributed by atoms with E-state index in [1.165, 1.54) is 29.2 Å². The molecule has 3 aromatic rings. The van der Waals surface area contributed by atoms with Gasteiger partial charge in [0.2, 0.25) is 5.91 Å². The van der Waals surface area contributed by atoms with Gasteiger partial charge in [-0.1, -0.05) is 54.6 Å². The van der Waals surface area contributed by atoms with Gasteiger partial charge in [0.15, 0.2) is 0 Å². The van der Waals surface area contributed by atoms with Gasteiger partial charge in [0.05, 0.1) is 12.3 Å². The van der Waals surface area contributed by atoms with Crippen LogP contribution in [0.3, 0.4) is 0 Å². The van der Waals surface area contributed by atoms with Gasteiger partial charge in [0.1, 0.15) is 5.75 Å². The van der Waals surface area contributed by atoms with Gasteiger partial charge in [0, 0.05) is 25.6 Å². The molecule has 1 N–H and O–H groups in total. The highest BCUT2D eigenvalue weighted by molar-refractivity contribution is 5.92. The van der Waals surface area contributed by atoms with Crippen molar-refractivity contribution in [1.29, 1.82) is 0 Å². The first-order chi connectivity index (χ1) is 14.2. The summed E-state index contributed by atoms with van der Waals surface area (Å²) >= 11 is 0. The molecule has 0 saturated heterocycles. The van der Waals surface area contributed by atoms with E-state index in [0.717, 1.165) is 24.5 Å². The third-order valence-corrected chi connectivity index (χ3v) is 5.40. The molecule has 29 heavy (non-hydrogen) atoms. The molecule has 4 rings (SSSR count). The highest BCUT2D eigenvalue weighted by Crippen LogP contribution is 2.30. The maximum absolute atomic E-state index is 12.6. The van der Waals surface area contributed by atoms with E-state index in [2.05, 4.69) is 52.7 Å². The van der Waals surface area contributed by atoms with Crippen LogP contribution in [0.25, 0.3) is 10.8 Å². The molecule has 4 nitrogen and oxygen atoms in total. The maximum atomic E-state index is 12.6. The van der Waals surface area contributed by atoms with Crippen molar-refractivity contribution >= 4 is 22.4 Å². The smallest absolute Gasteiger partial charge is 0.225 e. The zero-order valence-corrected chi connectivity index (χ0v) is 16.9. The van der Waals surface area contributed by atoms with E-state index >= 15 is 0 Å². The minimum absolute atomic E-state index is 0.0284. The fourth-order valence-electron chi connectivity index (χ4n) is 3.79. The molecule has 1 amide bonds.